The fraction of sp³-hybridized carbons (Fsp3) is 0.536. The van der Waals surface area contributed by atoms with Gasteiger partial charge in [0, 0.05) is 57.4 Å². The molecule has 4 N–H and O–H groups in total. The molecule has 2 rings (SSSR count). The first-order chi connectivity index (χ1) is 17.9. The Hall–Kier alpha value is -3.04. The summed E-state index contributed by atoms with van der Waals surface area (Å²) >= 11 is 0. The minimum atomic E-state index is -0.502. The van der Waals surface area contributed by atoms with E-state index < -0.39 is 5.91 Å². The van der Waals surface area contributed by atoms with Crippen LogP contribution in [0.2, 0.25) is 0 Å². The van der Waals surface area contributed by atoms with Crippen LogP contribution in [0.3, 0.4) is 0 Å². The number of carbonyl (C=O) groups is 2. The standard InChI is InChI=1S/C28H41FN4O4/c1-3-21-12-24(18-32-16-21)17-31-10-5-4-6-22-13-25(29)15-26(14-22)37-20-23(19-36-2)9-11-33-28(35)8-7-27(30)34/h12-16,18,23,31H,3-11,17,19-20H2,1-2H3,(H2,30,34)(H,33,35). The van der Waals surface area contributed by atoms with Gasteiger partial charge in [-0.25, -0.2) is 4.39 Å². The number of benzene rings is 1. The highest BCUT2D eigenvalue weighted by molar-refractivity contribution is 5.82. The third-order valence-electron chi connectivity index (χ3n) is 5.95. The third-order valence-corrected chi connectivity index (χ3v) is 5.95. The average Bonchev–Trinajstić information content (AvgIpc) is 2.88. The van der Waals surface area contributed by atoms with Crippen LogP contribution in [0.25, 0.3) is 0 Å². The molecule has 8 nitrogen and oxygen atoms in total. The molecule has 0 fully saturated rings. The lowest BCUT2D eigenvalue weighted by molar-refractivity contribution is -0.125. The van der Waals surface area contributed by atoms with Crippen molar-refractivity contribution in [2.45, 2.75) is 58.4 Å². The van der Waals surface area contributed by atoms with Crippen molar-refractivity contribution in [1.29, 1.82) is 0 Å². The number of hydrogen-bond donors (Lipinski definition) is 3. The van der Waals surface area contributed by atoms with Crippen LogP contribution in [0.15, 0.2) is 36.7 Å². The summed E-state index contributed by atoms with van der Waals surface area (Å²) in [4.78, 5) is 26.8. The van der Waals surface area contributed by atoms with E-state index in [2.05, 4.69) is 28.6 Å². The van der Waals surface area contributed by atoms with Gasteiger partial charge in [-0.2, -0.15) is 0 Å². The van der Waals surface area contributed by atoms with E-state index >= 15 is 0 Å². The number of hydrogen-bond acceptors (Lipinski definition) is 6. The second-order valence-electron chi connectivity index (χ2n) is 9.22. The van der Waals surface area contributed by atoms with Crippen LogP contribution in [-0.4, -0.2) is 50.2 Å². The summed E-state index contributed by atoms with van der Waals surface area (Å²) < 4.78 is 25.3. The molecule has 0 spiro atoms. The van der Waals surface area contributed by atoms with Crippen LogP contribution < -0.4 is 21.1 Å². The van der Waals surface area contributed by atoms with Gasteiger partial charge in [-0.05, 0) is 67.5 Å². The Morgan fingerprint density at radius 1 is 1.03 bits per heavy atom. The molecule has 0 aliphatic rings. The van der Waals surface area contributed by atoms with E-state index in [0.717, 1.165) is 44.3 Å². The van der Waals surface area contributed by atoms with Crippen molar-refractivity contribution < 1.29 is 23.5 Å². The molecular weight excluding hydrogens is 475 g/mol. The largest absolute Gasteiger partial charge is 0.493 e. The van der Waals surface area contributed by atoms with E-state index in [9.17, 15) is 14.0 Å². The second kappa shape index (κ2) is 17.4. The van der Waals surface area contributed by atoms with Gasteiger partial charge in [-0.1, -0.05) is 13.0 Å². The SMILES string of the molecule is CCc1cncc(CNCCCCc2cc(F)cc(OCC(CCNC(=O)CCC(N)=O)COC)c2)c1. The lowest BCUT2D eigenvalue weighted by Gasteiger charge is -2.18. The van der Waals surface area contributed by atoms with Crippen LogP contribution in [0.5, 0.6) is 5.75 Å². The third kappa shape index (κ3) is 13.2. The maximum atomic E-state index is 14.2. The highest BCUT2D eigenvalue weighted by atomic mass is 19.1. The number of halogens is 1. The Labute approximate surface area is 219 Å². The molecule has 2 aromatic rings. The maximum absolute atomic E-state index is 14.2. The molecule has 2 amide bonds. The van der Waals surface area contributed by atoms with Crippen molar-refractivity contribution in [3.05, 3.63) is 59.2 Å². The lowest BCUT2D eigenvalue weighted by Crippen LogP contribution is -2.29. The van der Waals surface area contributed by atoms with Crippen LogP contribution in [-0.2, 0) is 33.7 Å². The Balaban J connectivity index is 1.71. The first kappa shape index (κ1) is 30.2. The van der Waals surface area contributed by atoms with E-state index in [-0.39, 0.29) is 30.5 Å². The van der Waals surface area contributed by atoms with Gasteiger partial charge in [-0.15, -0.1) is 0 Å². The number of methoxy groups -OCH3 is 1. The molecule has 1 unspecified atom stereocenters. The molecule has 0 aliphatic heterocycles. The molecule has 204 valence electrons. The van der Waals surface area contributed by atoms with Gasteiger partial charge in [0.25, 0.3) is 0 Å². The van der Waals surface area contributed by atoms with Gasteiger partial charge in [-0.3, -0.25) is 14.6 Å². The highest BCUT2D eigenvalue weighted by Crippen LogP contribution is 2.19. The number of rotatable bonds is 19. The number of nitrogens with one attached hydrogen (secondary N) is 2. The van der Waals surface area contributed by atoms with Crippen molar-refractivity contribution in [3.8, 4) is 5.75 Å². The molecule has 9 heteroatoms. The Morgan fingerprint density at radius 2 is 1.84 bits per heavy atom. The average molecular weight is 517 g/mol. The quantitative estimate of drug-likeness (QED) is 0.247. The first-order valence-electron chi connectivity index (χ1n) is 13.0. The molecule has 0 radical (unpaired) electrons. The summed E-state index contributed by atoms with van der Waals surface area (Å²) in [5, 5.41) is 6.21. The zero-order valence-electron chi connectivity index (χ0n) is 22.1. The summed E-state index contributed by atoms with van der Waals surface area (Å²) in [6.07, 6.45) is 8.18. The molecule has 0 saturated carbocycles. The zero-order valence-corrected chi connectivity index (χ0v) is 22.1. The van der Waals surface area contributed by atoms with Crippen molar-refractivity contribution in [2.75, 3.05) is 33.4 Å². The monoisotopic (exact) mass is 516 g/mol. The normalized spacial score (nSPS) is 11.8. The molecule has 1 aromatic heterocycles. The first-order valence-corrected chi connectivity index (χ1v) is 13.0. The molecule has 1 heterocycles. The van der Waals surface area contributed by atoms with Gasteiger partial charge >= 0.3 is 0 Å². The molecule has 37 heavy (non-hydrogen) atoms. The van der Waals surface area contributed by atoms with E-state index in [1.54, 1.807) is 13.2 Å². The van der Waals surface area contributed by atoms with Crippen molar-refractivity contribution in [2.24, 2.45) is 11.7 Å². The van der Waals surface area contributed by atoms with Gasteiger partial charge in [0.15, 0.2) is 0 Å². The fourth-order valence-corrected chi connectivity index (χ4v) is 3.90. The number of aromatic nitrogens is 1. The Kier molecular flexibility index (Phi) is 14.2. The summed E-state index contributed by atoms with van der Waals surface area (Å²) in [5.74, 6) is -0.531. The molecule has 0 aliphatic carbocycles. The van der Waals surface area contributed by atoms with Gasteiger partial charge in [0.1, 0.15) is 11.6 Å². The smallest absolute Gasteiger partial charge is 0.220 e. The molecule has 0 saturated heterocycles. The number of ether oxygens (including phenoxy) is 2. The predicted octanol–water partition coefficient (Wildman–Crippen LogP) is 3.31. The van der Waals surface area contributed by atoms with E-state index in [1.807, 2.05) is 18.5 Å². The summed E-state index contributed by atoms with van der Waals surface area (Å²) in [5.41, 5.74) is 8.39. The molecule has 0 bridgehead atoms. The molecule has 1 atom stereocenters. The number of amides is 2. The van der Waals surface area contributed by atoms with Gasteiger partial charge in [0.2, 0.25) is 11.8 Å². The fourth-order valence-electron chi connectivity index (χ4n) is 3.90. The molecular formula is C28H41FN4O4. The predicted molar refractivity (Wildman–Crippen MR) is 142 cm³/mol. The maximum Gasteiger partial charge on any atom is 0.220 e. The van der Waals surface area contributed by atoms with E-state index in [0.29, 0.717) is 31.9 Å². The van der Waals surface area contributed by atoms with Crippen LogP contribution in [0.4, 0.5) is 4.39 Å². The minimum Gasteiger partial charge on any atom is -0.493 e. The van der Waals surface area contributed by atoms with E-state index in [4.69, 9.17) is 15.2 Å². The topological polar surface area (TPSA) is 116 Å². The summed E-state index contributed by atoms with van der Waals surface area (Å²) in [6.45, 7) is 5.01. The Morgan fingerprint density at radius 3 is 2.59 bits per heavy atom. The van der Waals surface area contributed by atoms with Crippen molar-refractivity contribution in [3.63, 3.8) is 0 Å². The number of unbranched alkanes of at least 4 members (excludes halogenated alkanes) is 1. The van der Waals surface area contributed by atoms with E-state index in [1.165, 1.54) is 17.2 Å². The Bertz CT molecular complexity index is 973. The van der Waals surface area contributed by atoms with Gasteiger partial charge < -0.3 is 25.8 Å². The van der Waals surface area contributed by atoms with Crippen LogP contribution in [0, 0.1) is 11.7 Å². The zero-order chi connectivity index (χ0) is 26.9. The minimum absolute atomic E-state index is 0.0208. The van der Waals surface area contributed by atoms with Crippen molar-refractivity contribution >= 4 is 11.8 Å². The second-order valence-corrected chi connectivity index (χ2v) is 9.22. The number of nitrogens with two attached hydrogens (primary N) is 1. The summed E-state index contributed by atoms with van der Waals surface area (Å²) in [6, 6.07) is 7.00. The van der Waals surface area contributed by atoms with Crippen LogP contribution in [0.1, 0.15) is 55.7 Å². The van der Waals surface area contributed by atoms with Crippen molar-refractivity contribution in [1.82, 2.24) is 15.6 Å². The number of nitrogens with zero attached hydrogens (tertiary/aromatic N) is 1. The number of pyridine rings is 1. The lowest BCUT2D eigenvalue weighted by atomic mass is 10.1. The summed E-state index contributed by atoms with van der Waals surface area (Å²) in [7, 11) is 1.60. The molecule has 1 aromatic carbocycles. The number of carbonyl (C=O) groups excluding carboxylic acids is 2. The number of primary amides is 1. The number of aryl methyl sites for hydroxylation is 2. The van der Waals surface area contributed by atoms with Crippen LogP contribution >= 0.6 is 0 Å². The van der Waals surface area contributed by atoms with Gasteiger partial charge in [0.05, 0.1) is 13.2 Å². The highest BCUT2D eigenvalue weighted by Gasteiger charge is 2.12.